The monoisotopic (exact) mass is 240 g/mol. The molecule has 0 aliphatic carbocycles. The zero-order chi connectivity index (χ0) is 12.5. The Hall–Kier alpha value is -0.940. The van der Waals surface area contributed by atoms with Crippen molar-refractivity contribution in [3.63, 3.8) is 0 Å². The Kier molecular flexibility index (Phi) is 6.81. The molecule has 0 aliphatic heterocycles. The number of nitrogens with one attached hydrogen (secondary N) is 1. The molecule has 0 fully saturated rings. The van der Waals surface area contributed by atoms with Crippen molar-refractivity contribution < 1.29 is 4.74 Å². The van der Waals surface area contributed by atoms with Crippen LogP contribution in [0.25, 0.3) is 0 Å². The van der Waals surface area contributed by atoms with Crippen LogP contribution < -0.4 is 5.32 Å². The molecule has 0 amide bonds. The molecule has 1 aromatic heterocycles. The highest BCUT2D eigenvalue weighted by Crippen LogP contribution is 1.98. The van der Waals surface area contributed by atoms with Crippen molar-refractivity contribution in [2.75, 3.05) is 19.8 Å². The summed E-state index contributed by atoms with van der Waals surface area (Å²) < 4.78 is 7.41. The van der Waals surface area contributed by atoms with Gasteiger partial charge < -0.3 is 10.1 Å². The van der Waals surface area contributed by atoms with Crippen molar-refractivity contribution in [1.29, 1.82) is 0 Å². The number of aromatic nitrogens is 3. The Labute approximate surface area is 104 Å². The van der Waals surface area contributed by atoms with E-state index in [9.17, 15) is 0 Å². The topological polar surface area (TPSA) is 52.0 Å². The summed E-state index contributed by atoms with van der Waals surface area (Å²) in [6.45, 7) is 10.6. The first-order valence-corrected chi connectivity index (χ1v) is 6.39. The van der Waals surface area contributed by atoms with E-state index in [1.807, 2.05) is 4.68 Å². The van der Waals surface area contributed by atoms with Crippen LogP contribution >= 0.6 is 0 Å². The fraction of sp³-hybridized carbons (Fsp3) is 0.833. The van der Waals surface area contributed by atoms with E-state index in [0.29, 0.717) is 5.92 Å². The molecular weight excluding hydrogens is 216 g/mol. The minimum absolute atomic E-state index is 0.714. The van der Waals surface area contributed by atoms with Crippen molar-refractivity contribution in [3.05, 3.63) is 12.2 Å². The predicted molar refractivity (Wildman–Crippen MR) is 67.7 cm³/mol. The third-order valence-corrected chi connectivity index (χ3v) is 2.54. The van der Waals surface area contributed by atoms with Gasteiger partial charge in [0.1, 0.15) is 12.2 Å². The molecule has 1 heterocycles. The molecule has 0 unspecified atom stereocenters. The third-order valence-electron chi connectivity index (χ3n) is 2.54. The smallest absolute Gasteiger partial charge is 0.140 e. The quantitative estimate of drug-likeness (QED) is 0.664. The molecule has 0 saturated carbocycles. The fourth-order valence-electron chi connectivity index (χ4n) is 1.45. The molecule has 1 aromatic rings. The molecule has 5 nitrogen and oxygen atoms in total. The normalized spacial score (nSPS) is 11.3. The zero-order valence-corrected chi connectivity index (χ0v) is 11.1. The van der Waals surface area contributed by atoms with E-state index in [4.69, 9.17) is 4.74 Å². The van der Waals surface area contributed by atoms with E-state index >= 15 is 0 Å². The largest absolute Gasteiger partial charge is 0.380 e. The fourth-order valence-corrected chi connectivity index (χ4v) is 1.45. The zero-order valence-electron chi connectivity index (χ0n) is 11.1. The summed E-state index contributed by atoms with van der Waals surface area (Å²) in [5.74, 6) is 1.70. The van der Waals surface area contributed by atoms with Gasteiger partial charge in [0.05, 0.1) is 13.2 Å². The second kappa shape index (κ2) is 8.20. The van der Waals surface area contributed by atoms with Gasteiger partial charge in [0.2, 0.25) is 0 Å². The first-order chi connectivity index (χ1) is 8.24. The van der Waals surface area contributed by atoms with E-state index in [2.05, 4.69) is 36.2 Å². The van der Waals surface area contributed by atoms with Crippen LogP contribution in [-0.4, -0.2) is 34.5 Å². The van der Waals surface area contributed by atoms with Crippen LogP contribution in [0.5, 0.6) is 0 Å². The predicted octanol–water partition coefficient (Wildman–Crippen LogP) is 1.45. The molecule has 0 aromatic carbocycles. The maximum absolute atomic E-state index is 5.52. The third kappa shape index (κ3) is 5.79. The van der Waals surface area contributed by atoms with Gasteiger partial charge in [0.15, 0.2) is 0 Å². The van der Waals surface area contributed by atoms with Crippen molar-refractivity contribution in [2.45, 2.75) is 40.3 Å². The maximum Gasteiger partial charge on any atom is 0.140 e. The molecule has 98 valence electrons. The van der Waals surface area contributed by atoms with E-state index < -0.39 is 0 Å². The summed E-state index contributed by atoms with van der Waals surface area (Å²) in [4.78, 5) is 4.19. The summed E-state index contributed by atoms with van der Waals surface area (Å²) >= 11 is 0. The van der Waals surface area contributed by atoms with Crippen molar-refractivity contribution in [2.24, 2.45) is 5.92 Å². The average molecular weight is 240 g/mol. The molecule has 1 N–H and O–H groups in total. The van der Waals surface area contributed by atoms with Gasteiger partial charge in [-0.05, 0) is 19.3 Å². The van der Waals surface area contributed by atoms with Crippen LogP contribution in [0.15, 0.2) is 6.33 Å². The minimum Gasteiger partial charge on any atom is -0.380 e. The standard InChI is InChI=1S/C12H24N4O/c1-4-16-12(14-10-15-16)9-13-6-8-17-7-5-11(2)3/h10-11,13H,4-9H2,1-3H3. The molecule has 0 aliphatic rings. The van der Waals surface area contributed by atoms with Crippen molar-refractivity contribution in [1.82, 2.24) is 20.1 Å². The number of hydrogen-bond acceptors (Lipinski definition) is 4. The summed E-state index contributed by atoms with van der Waals surface area (Å²) in [6.07, 6.45) is 2.73. The molecular formula is C12H24N4O. The first-order valence-electron chi connectivity index (χ1n) is 6.39. The number of ether oxygens (including phenoxy) is 1. The highest BCUT2D eigenvalue weighted by Gasteiger charge is 2.00. The van der Waals surface area contributed by atoms with Crippen LogP contribution in [0.1, 0.15) is 33.0 Å². The lowest BCUT2D eigenvalue weighted by Gasteiger charge is -2.07. The number of aryl methyl sites for hydroxylation is 1. The van der Waals surface area contributed by atoms with Gasteiger partial charge in [0, 0.05) is 19.7 Å². The highest BCUT2D eigenvalue weighted by molar-refractivity contribution is 4.83. The molecule has 0 bridgehead atoms. The number of hydrogen-bond donors (Lipinski definition) is 1. The van der Waals surface area contributed by atoms with Crippen LogP contribution in [0.4, 0.5) is 0 Å². The maximum atomic E-state index is 5.52. The molecule has 0 atom stereocenters. The Bertz CT molecular complexity index is 298. The van der Waals surface area contributed by atoms with Gasteiger partial charge in [-0.25, -0.2) is 9.67 Å². The minimum atomic E-state index is 0.714. The summed E-state index contributed by atoms with van der Waals surface area (Å²) in [7, 11) is 0. The average Bonchev–Trinajstić information content (AvgIpc) is 2.74. The second-order valence-electron chi connectivity index (χ2n) is 4.46. The van der Waals surface area contributed by atoms with Crippen LogP contribution in [0.3, 0.4) is 0 Å². The second-order valence-corrected chi connectivity index (χ2v) is 4.46. The molecule has 5 heteroatoms. The Morgan fingerprint density at radius 1 is 1.41 bits per heavy atom. The van der Waals surface area contributed by atoms with E-state index in [1.54, 1.807) is 6.33 Å². The number of nitrogens with zero attached hydrogens (tertiary/aromatic N) is 3. The molecule has 1 rings (SSSR count). The van der Waals surface area contributed by atoms with Gasteiger partial charge in [-0.2, -0.15) is 5.10 Å². The van der Waals surface area contributed by atoms with E-state index in [0.717, 1.165) is 45.1 Å². The van der Waals surface area contributed by atoms with Gasteiger partial charge in [-0.15, -0.1) is 0 Å². The summed E-state index contributed by atoms with van der Waals surface area (Å²) in [5, 5.41) is 7.42. The van der Waals surface area contributed by atoms with Crippen LogP contribution in [0, 0.1) is 5.92 Å². The van der Waals surface area contributed by atoms with Crippen molar-refractivity contribution >= 4 is 0 Å². The van der Waals surface area contributed by atoms with E-state index in [1.165, 1.54) is 0 Å². The van der Waals surface area contributed by atoms with E-state index in [-0.39, 0.29) is 0 Å². The van der Waals surface area contributed by atoms with Gasteiger partial charge in [-0.1, -0.05) is 13.8 Å². The Morgan fingerprint density at radius 2 is 2.24 bits per heavy atom. The van der Waals surface area contributed by atoms with Crippen molar-refractivity contribution in [3.8, 4) is 0 Å². The highest BCUT2D eigenvalue weighted by atomic mass is 16.5. The molecule has 0 spiro atoms. The van der Waals surface area contributed by atoms with Crippen LogP contribution in [-0.2, 0) is 17.8 Å². The molecule has 17 heavy (non-hydrogen) atoms. The number of rotatable bonds is 9. The lowest BCUT2D eigenvalue weighted by Crippen LogP contribution is -2.22. The first kappa shape index (κ1) is 14.1. The lowest BCUT2D eigenvalue weighted by atomic mass is 10.1. The lowest BCUT2D eigenvalue weighted by molar-refractivity contribution is 0.125. The van der Waals surface area contributed by atoms with Gasteiger partial charge in [-0.3, -0.25) is 0 Å². The van der Waals surface area contributed by atoms with Crippen LogP contribution in [0.2, 0.25) is 0 Å². The summed E-state index contributed by atoms with van der Waals surface area (Å²) in [5.41, 5.74) is 0. The molecule has 0 radical (unpaired) electrons. The SMILES string of the molecule is CCn1ncnc1CNCCOCCC(C)C. The van der Waals surface area contributed by atoms with Gasteiger partial charge >= 0.3 is 0 Å². The Balaban J connectivity index is 2.01. The summed E-state index contributed by atoms with van der Waals surface area (Å²) in [6, 6.07) is 0. The van der Waals surface area contributed by atoms with Gasteiger partial charge in [0.25, 0.3) is 0 Å². The molecule has 0 saturated heterocycles. The Morgan fingerprint density at radius 3 is 2.94 bits per heavy atom.